The fraction of sp³-hybridized carbons (Fsp3) is 0.250. The number of alkyl halides is 1. The maximum absolute atomic E-state index is 11.8. The maximum atomic E-state index is 11.8. The lowest BCUT2D eigenvalue weighted by atomic mass is 10.2. The number of ketones is 1. The number of carbonyl (C=O) groups is 1. The highest BCUT2D eigenvalue weighted by Gasteiger charge is 2.18. The molecule has 0 aliphatic rings. The molecule has 1 atom stereocenters. The molecule has 0 bridgehead atoms. The third kappa shape index (κ3) is 1.97. The topological polar surface area (TPSA) is 30.2 Å². The number of hydrogen-bond acceptors (Lipinski definition) is 2. The molecule has 0 amide bonds. The third-order valence-corrected chi connectivity index (χ3v) is 3.37. The van der Waals surface area contributed by atoms with Gasteiger partial charge in [0.05, 0.1) is 4.83 Å². The molecule has 1 aromatic carbocycles. The Kier molecular flexibility index (Phi) is 2.91. The van der Waals surface area contributed by atoms with E-state index in [4.69, 9.17) is 4.42 Å². The lowest BCUT2D eigenvalue weighted by Gasteiger charge is -2.00. The zero-order valence-corrected chi connectivity index (χ0v) is 9.95. The van der Waals surface area contributed by atoms with Crippen molar-refractivity contribution < 1.29 is 9.21 Å². The van der Waals surface area contributed by atoms with Gasteiger partial charge in [-0.1, -0.05) is 41.1 Å². The van der Waals surface area contributed by atoms with Crippen LogP contribution in [0, 0.1) is 0 Å². The zero-order chi connectivity index (χ0) is 10.8. The summed E-state index contributed by atoms with van der Waals surface area (Å²) in [6.45, 7) is 1.96. The molecule has 0 N–H and O–H groups in total. The Labute approximate surface area is 96.4 Å². The van der Waals surface area contributed by atoms with Gasteiger partial charge in [-0.05, 0) is 18.6 Å². The third-order valence-electron chi connectivity index (χ3n) is 2.31. The van der Waals surface area contributed by atoms with E-state index in [0.29, 0.717) is 5.76 Å². The van der Waals surface area contributed by atoms with Gasteiger partial charge in [-0.15, -0.1) is 0 Å². The molecule has 2 rings (SSSR count). The van der Waals surface area contributed by atoms with Crippen molar-refractivity contribution in [2.75, 3.05) is 0 Å². The Morgan fingerprint density at radius 1 is 1.47 bits per heavy atom. The maximum Gasteiger partial charge on any atom is 0.211 e. The Morgan fingerprint density at radius 3 is 2.87 bits per heavy atom. The molecule has 1 heterocycles. The van der Waals surface area contributed by atoms with Crippen LogP contribution in [0.1, 0.15) is 23.9 Å². The minimum absolute atomic E-state index is 0.00806. The van der Waals surface area contributed by atoms with Gasteiger partial charge in [0.25, 0.3) is 0 Å². The standard InChI is InChI=1S/C12H11BrO2/c1-2-9(13)12(14)11-7-8-5-3-4-6-10(8)15-11/h3-7,9H,2H2,1H3. The summed E-state index contributed by atoms with van der Waals surface area (Å²) in [4.78, 5) is 11.7. The summed E-state index contributed by atoms with van der Waals surface area (Å²) in [5.74, 6) is 0.439. The number of halogens is 1. The predicted molar refractivity (Wildman–Crippen MR) is 63.6 cm³/mol. The average Bonchev–Trinajstić information content (AvgIpc) is 2.70. The Hall–Kier alpha value is -1.09. The van der Waals surface area contributed by atoms with Crippen LogP contribution in [-0.4, -0.2) is 10.6 Å². The zero-order valence-electron chi connectivity index (χ0n) is 8.37. The SMILES string of the molecule is CCC(Br)C(=O)c1cc2ccccc2o1. The number of carbonyl (C=O) groups excluding carboxylic acids is 1. The Morgan fingerprint density at radius 2 is 2.20 bits per heavy atom. The number of benzene rings is 1. The van der Waals surface area contributed by atoms with Gasteiger partial charge in [-0.2, -0.15) is 0 Å². The molecule has 0 radical (unpaired) electrons. The lowest BCUT2D eigenvalue weighted by molar-refractivity contribution is 0.0965. The van der Waals surface area contributed by atoms with Crippen molar-refractivity contribution in [3.63, 3.8) is 0 Å². The van der Waals surface area contributed by atoms with Crippen molar-refractivity contribution in [1.82, 2.24) is 0 Å². The molecule has 3 heteroatoms. The fourth-order valence-electron chi connectivity index (χ4n) is 1.44. The highest BCUT2D eigenvalue weighted by atomic mass is 79.9. The highest BCUT2D eigenvalue weighted by molar-refractivity contribution is 9.10. The van der Waals surface area contributed by atoms with Crippen LogP contribution < -0.4 is 0 Å². The molecule has 0 fully saturated rings. The molecule has 1 aromatic heterocycles. The van der Waals surface area contributed by atoms with Crippen molar-refractivity contribution in [1.29, 1.82) is 0 Å². The van der Waals surface area contributed by atoms with Gasteiger partial charge in [0.2, 0.25) is 5.78 Å². The van der Waals surface area contributed by atoms with E-state index in [9.17, 15) is 4.79 Å². The van der Waals surface area contributed by atoms with Crippen LogP contribution in [0.4, 0.5) is 0 Å². The van der Waals surface area contributed by atoms with Gasteiger partial charge >= 0.3 is 0 Å². The van der Waals surface area contributed by atoms with Crippen molar-refractivity contribution in [2.24, 2.45) is 0 Å². The van der Waals surface area contributed by atoms with Crippen molar-refractivity contribution >= 4 is 32.7 Å². The molecule has 0 saturated heterocycles. The van der Waals surface area contributed by atoms with Crippen molar-refractivity contribution in [2.45, 2.75) is 18.2 Å². The minimum Gasteiger partial charge on any atom is -0.453 e. The number of fused-ring (bicyclic) bond motifs is 1. The molecule has 15 heavy (non-hydrogen) atoms. The van der Waals surface area contributed by atoms with Gasteiger partial charge in [0.15, 0.2) is 5.76 Å². The van der Waals surface area contributed by atoms with E-state index in [2.05, 4.69) is 15.9 Å². The van der Waals surface area contributed by atoms with E-state index in [1.54, 1.807) is 6.07 Å². The summed E-state index contributed by atoms with van der Waals surface area (Å²) >= 11 is 3.33. The summed E-state index contributed by atoms with van der Waals surface area (Å²) in [6.07, 6.45) is 0.760. The quantitative estimate of drug-likeness (QED) is 0.625. The van der Waals surface area contributed by atoms with E-state index in [0.717, 1.165) is 17.4 Å². The number of furan rings is 1. The van der Waals surface area contributed by atoms with Gasteiger partial charge in [0, 0.05) is 5.39 Å². The monoisotopic (exact) mass is 266 g/mol. The molecule has 0 spiro atoms. The summed E-state index contributed by atoms with van der Waals surface area (Å²) in [6, 6.07) is 9.41. The average molecular weight is 267 g/mol. The first-order valence-corrected chi connectivity index (χ1v) is 5.80. The molecule has 2 aromatic rings. The van der Waals surface area contributed by atoms with Crippen molar-refractivity contribution in [3.8, 4) is 0 Å². The largest absolute Gasteiger partial charge is 0.453 e. The van der Waals surface area contributed by atoms with Crippen LogP contribution in [0.15, 0.2) is 34.7 Å². The molecule has 0 saturated carbocycles. The molecule has 0 aliphatic heterocycles. The predicted octanol–water partition coefficient (Wildman–Crippen LogP) is 3.79. The van der Waals surface area contributed by atoms with E-state index in [-0.39, 0.29) is 10.6 Å². The van der Waals surface area contributed by atoms with Crippen LogP contribution in [0.3, 0.4) is 0 Å². The van der Waals surface area contributed by atoms with Gasteiger partial charge in [0.1, 0.15) is 5.58 Å². The molecule has 0 aliphatic carbocycles. The van der Waals surface area contributed by atoms with E-state index < -0.39 is 0 Å². The van der Waals surface area contributed by atoms with Crippen LogP contribution in [-0.2, 0) is 0 Å². The molecule has 78 valence electrons. The van der Waals surface area contributed by atoms with E-state index in [1.807, 2.05) is 31.2 Å². The summed E-state index contributed by atoms with van der Waals surface area (Å²) in [7, 11) is 0. The van der Waals surface area contributed by atoms with Crippen LogP contribution in [0.25, 0.3) is 11.0 Å². The molecular formula is C12H11BrO2. The molecule has 2 nitrogen and oxygen atoms in total. The van der Waals surface area contributed by atoms with Gasteiger partial charge in [-0.25, -0.2) is 0 Å². The van der Waals surface area contributed by atoms with Gasteiger partial charge in [-0.3, -0.25) is 4.79 Å². The number of hydrogen-bond donors (Lipinski definition) is 0. The number of rotatable bonds is 3. The summed E-state index contributed by atoms with van der Waals surface area (Å²) in [5.41, 5.74) is 0.761. The van der Waals surface area contributed by atoms with Gasteiger partial charge < -0.3 is 4.42 Å². The van der Waals surface area contributed by atoms with E-state index >= 15 is 0 Å². The first kappa shape index (κ1) is 10.4. The number of Topliss-reactive ketones (excluding diaryl/α,β-unsaturated/α-hetero) is 1. The first-order valence-electron chi connectivity index (χ1n) is 4.89. The summed E-state index contributed by atoms with van der Waals surface area (Å²) < 4.78 is 5.47. The van der Waals surface area contributed by atoms with Crippen LogP contribution in [0.5, 0.6) is 0 Å². The Bertz CT molecular complexity index is 454. The fourth-order valence-corrected chi connectivity index (χ4v) is 1.67. The van der Waals surface area contributed by atoms with Crippen LogP contribution in [0.2, 0.25) is 0 Å². The Balaban J connectivity index is 2.41. The normalized spacial score (nSPS) is 12.9. The highest BCUT2D eigenvalue weighted by Crippen LogP contribution is 2.22. The lowest BCUT2D eigenvalue weighted by Crippen LogP contribution is -2.11. The summed E-state index contributed by atoms with van der Waals surface area (Å²) in [5, 5.41) is 0.969. The minimum atomic E-state index is -0.155. The first-order chi connectivity index (χ1) is 7.22. The van der Waals surface area contributed by atoms with Crippen molar-refractivity contribution in [3.05, 3.63) is 36.1 Å². The second-order valence-electron chi connectivity index (χ2n) is 3.39. The smallest absolute Gasteiger partial charge is 0.211 e. The second kappa shape index (κ2) is 4.19. The molecule has 1 unspecified atom stereocenters. The molecular weight excluding hydrogens is 256 g/mol. The second-order valence-corrected chi connectivity index (χ2v) is 4.49. The number of para-hydroxylation sites is 1. The van der Waals surface area contributed by atoms with E-state index in [1.165, 1.54) is 0 Å². The van der Waals surface area contributed by atoms with Crippen LogP contribution >= 0.6 is 15.9 Å².